The van der Waals surface area contributed by atoms with Crippen LogP contribution in [0.5, 0.6) is 17.2 Å². The molecule has 0 bridgehead atoms. The van der Waals surface area contributed by atoms with Crippen LogP contribution >= 0.6 is 0 Å². The summed E-state index contributed by atoms with van der Waals surface area (Å²) < 4.78 is 0. The Morgan fingerprint density at radius 1 is 0.818 bits per heavy atom. The molecule has 110 valence electrons. The van der Waals surface area contributed by atoms with Crippen LogP contribution in [-0.4, -0.2) is 26.9 Å². The second-order valence-corrected chi connectivity index (χ2v) is 5.73. The highest BCUT2D eigenvalue weighted by Crippen LogP contribution is 2.54. The van der Waals surface area contributed by atoms with Gasteiger partial charge in [-0.05, 0) is 36.6 Å². The number of carbonyl (C=O) groups excluding carboxylic acids is 2. The summed E-state index contributed by atoms with van der Waals surface area (Å²) in [6.45, 7) is 0. The van der Waals surface area contributed by atoms with E-state index in [0.717, 1.165) is 5.56 Å². The molecule has 5 heteroatoms. The summed E-state index contributed by atoms with van der Waals surface area (Å²) in [7, 11) is 0. The van der Waals surface area contributed by atoms with Crippen LogP contribution in [0.15, 0.2) is 30.3 Å². The van der Waals surface area contributed by atoms with Crippen molar-refractivity contribution in [3.8, 4) is 17.2 Å². The van der Waals surface area contributed by atoms with Crippen LogP contribution in [0.25, 0.3) is 0 Å². The first-order valence-corrected chi connectivity index (χ1v) is 6.94. The van der Waals surface area contributed by atoms with E-state index in [1.54, 1.807) is 12.1 Å². The normalized spacial score (nSPS) is 17.8. The van der Waals surface area contributed by atoms with Gasteiger partial charge in [-0.3, -0.25) is 9.59 Å². The molecule has 22 heavy (non-hydrogen) atoms. The molecule has 0 aromatic heterocycles. The zero-order valence-corrected chi connectivity index (χ0v) is 11.5. The third-order valence-electron chi connectivity index (χ3n) is 4.72. The monoisotopic (exact) mass is 296 g/mol. The van der Waals surface area contributed by atoms with Crippen LogP contribution in [0.3, 0.4) is 0 Å². The number of aryl methyl sites for hydroxylation is 1. The minimum Gasteiger partial charge on any atom is -0.508 e. The van der Waals surface area contributed by atoms with Crippen LogP contribution in [0.4, 0.5) is 0 Å². The van der Waals surface area contributed by atoms with Gasteiger partial charge in [-0.2, -0.15) is 0 Å². The van der Waals surface area contributed by atoms with Crippen molar-refractivity contribution in [2.45, 2.75) is 18.3 Å². The number of hydrogen-bond acceptors (Lipinski definition) is 5. The molecule has 0 fully saturated rings. The fourth-order valence-electron chi connectivity index (χ4n) is 3.76. The largest absolute Gasteiger partial charge is 0.508 e. The van der Waals surface area contributed by atoms with Crippen LogP contribution < -0.4 is 0 Å². The number of rotatable bonds is 0. The molecule has 2 aliphatic carbocycles. The third kappa shape index (κ3) is 1.24. The van der Waals surface area contributed by atoms with E-state index in [1.165, 1.54) is 18.2 Å². The maximum absolute atomic E-state index is 12.9. The Bertz CT molecular complexity index is 825. The van der Waals surface area contributed by atoms with Crippen LogP contribution in [0.1, 0.15) is 38.3 Å². The lowest BCUT2D eigenvalue weighted by Crippen LogP contribution is -2.36. The molecule has 2 aromatic rings. The topological polar surface area (TPSA) is 94.8 Å². The minimum atomic E-state index is -1.53. The molecule has 0 saturated carbocycles. The van der Waals surface area contributed by atoms with E-state index >= 15 is 0 Å². The number of carbonyl (C=O) groups is 2. The molecule has 0 radical (unpaired) electrons. The molecular formula is C17H12O5. The Morgan fingerprint density at radius 3 is 2.00 bits per heavy atom. The first kappa shape index (κ1) is 12.9. The fourth-order valence-corrected chi connectivity index (χ4v) is 3.76. The highest BCUT2D eigenvalue weighted by atomic mass is 16.3. The van der Waals surface area contributed by atoms with Crippen LogP contribution in [0, 0.1) is 0 Å². The number of ketones is 2. The molecule has 1 spiro atoms. The molecule has 2 aliphatic rings. The zero-order valence-electron chi connectivity index (χ0n) is 11.5. The second kappa shape index (κ2) is 3.88. The Hall–Kier alpha value is -2.82. The number of phenolic OH excluding ortho intramolecular Hbond substituents is 3. The van der Waals surface area contributed by atoms with Crippen LogP contribution in [-0.2, 0) is 11.8 Å². The SMILES string of the molecule is O=C1c2c(O)ccc(O)c2C(=O)C12CCc1cccc(O)c12. The molecule has 0 aliphatic heterocycles. The maximum Gasteiger partial charge on any atom is 0.185 e. The number of fused-ring (bicyclic) bond motifs is 3. The van der Waals surface area contributed by atoms with E-state index in [0.29, 0.717) is 12.0 Å². The van der Waals surface area contributed by atoms with Crippen molar-refractivity contribution in [1.29, 1.82) is 0 Å². The van der Waals surface area contributed by atoms with Crippen molar-refractivity contribution >= 4 is 11.6 Å². The molecule has 0 unspecified atom stereocenters. The Kier molecular flexibility index (Phi) is 2.27. The van der Waals surface area contributed by atoms with E-state index in [4.69, 9.17) is 0 Å². The Labute approximate surface area is 125 Å². The van der Waals surface area contributed by atoms with E-state index in [2.05, 4.69) is 0 Å². The quantitative estimate of drug-likeness (QED) is 0.511. The average molecular weight is 296 g/mol. The smallest absolute Gasteiger partial charge is 0.185 e. The summed E-state index contributed by atoms with van der Waals surface area (Å²) in [6, 6.07) is 7.26. The van der Waals surface area contributed by atoms with Gasteiger partial charge in [0.15, 0.2) is 11.6 Å². The Balaban J connectivity index is 2.07. The minimum absolute atomic E-state index is 0.108. The zero-order chi connectivity index (χ0) is 15.6. The number of phenols is 3. The molecular weight excluding hydrogens is 284 g/mol. The first-order chi connectivity index (χ1) is 10.5. The fraction of sp³-hybridized carbons (Fsp3) is 0.176. The van der Waals surface area contributed by atoms with E-state index in [9.17, 15) is 24.9 Å². The van der Waals surface area contributed by atoms with Crippen molar-refractivity contribution in [2.75, 3.05) is 0 Å². The summed E-state index contributed by atoms with van der Waals surface area (Å²) in [5.41, 5.74) is -0.782. The van der Waals surface area contributed by atoms with Gasteiger partial charge >= 0.3 is 0 Å². The lowest BCUT2D eigenvalue weighted by Gasteiger charge is -2.21. The predicted molar refractivity (Wildman–Crippen MR) is 76.5 cm³/mol. The average Bonchev–Trinajstić information content (AvgIpc) is 2.99. The molecule has 2 aromatic carbocycles. The molecule has 5 nitrogen and oxygen atoms in total. The third-order valence-corrected chi connectivity index (χ3v) is 4.72. The van der Waals surface area contributed by atoms with Crippen molar-refractivity contribution in [3.63, 3.8) is 0 Å². The predicted octanol–water partition coefficient (Wildman–Crippen LogP) is 2.07. The maximum atomic E-state index is 12.9. The van der Waals surface area contributed by atoms with Gasteiger partial charge in [0, 0.05) is 5.56 Å². The van der Waals surface area contributed by atoms with E-state index in [1.807, 2.05) is 0 Å². The summed E-state index contributed by atoms with van der Waals surface area (Å²) in [5.74, 6) is -1.87. The van der Waals surface area contributed by atoms with Gasteiger partial charge in [0.2, 0.25) is 0 Å². The number of Topliss-reactive ketones (excluding diaryl/α,β-unsaturated/α-hetero) is 2. The van der Waals surface area contributed by atoms with Crippen molar-refractivity contribution < 1.29 is 24.9 Å². The highest BCUT2D eigenvalue weighted by Gasteiger charge is 2.59. The van der Waals surface area contributed by atoms with Crippen molar-refractivity contribution in [3.05, 3.63) is 52.6 Å². The molecule has 3 N–H and O–H groups in total. The van der Waals surface area contributed by atoms with Gasteiger partial charge in [-0.25, -0.2) is 0 Å². The molecule has 0 amide bonds. The number of hydrogen-bond donors (Lipinski definition) is 3. The highest BCUT2D eigenvalue weighted by molar-refractivity contribution is 6.35. The Morgan fingerprint density at radius 2 is 1.41 bits per heavy atom. The van der Waals surface area contributed by atoms with Gasteiger partial charge in [-0.15, -0.1) is 0 Å². The summed E-state index contributed by atoms with van der Waals surface area (Å²) >= 11 is 0. The van der Waals surface area contributed by atoms with Gasteiger partial charge in [0.05, 0.1) is 11.1 Å². The molecule has 0 heterocycles. The van der Waals surface area contributed by atoms with Crippen molar-refractivity contribution in [2.24, 2.45) is 0 Å². The van der Waals surface area contributed by atoms with Gasteiger partial charge in [0.1, 0.15) is 22.7 Å². The molecule has 0 saturated heterocycles. The summed E-state index contributed by atoms with van der Waals surface area (Å²) in [5, 5.41) is 30.1. The van der Waals surface area contributed by atoms with Crippen LogP contribution in [0.2, 0.25) is 0 Å². The summed E-state index contributed by atoms with van der Waals surface area (Å²) in [6.07, 6.45) is 0.710. The second-order valence-electron chi connectivity index (χ2n) is 5.73. The molecule has 0 atom stereocenters. The number of benzene rings is 2. The molecule has 4 rings (SSSR count). The lowest BCUT2D eigenvalue weighted by atomic mass is 9.76. The van der Waals surface area contributed by atoms with Gasteiger partial charge in [-0.1, -0.05) is 12.1 Å². The van der Waals surface area contributed by atoms with Gasteiger partial charge in [0.25, 0.3) is 0 Å². The van der Waals surface area contributed by atoms with E-state index in [-0.39, 0.29) is 34.8 Å². The van der Waals surface area contributed by atoms with Gasteiger partial charge < -0.3 is 15.3 Å². The number of aromatic hydroxyl groups is 3. The first-order valence-electron chi connectivity index (χ1n) is 6.94. The van der Waals surface area contributed by atoms with E-state index < -0.39 is 17.0 Å². The summed E-state index contributed by atoms with van der Waals surface area (Å²) in [4.78, 5) is 25.8. The lowest BCUT2D eigenvalue weighted by molar-refractivity contribution is 0.0791. The standard InChI is InChI=1S/C17H12O5/c18-9-4-5-10(19)13-12(9)15(21)17(16(13)22)7-6-8-2-1-3-11(20)14(8)17/h1-5,18-20H,6-7H2. The van der Waals surface area contributed by atoms with Crippen molar-refractivity contribution in [1.82, 2.24) is 0 Å².